The van der Waals surface area contributed by atoms with E-state index in [1.807, 2.05) is 24.8 Å². The Morgan fingerprint density at radius 1 is 0.920 bits per heavy atom. The van der Waals surface area contributed by atoms with Crippen molar-refractivity contribution in [3.8, 4) is 0 Å². The average molecular weight is 341 g/mol. The van der Waals surface area contributed by atoms with Crippen molar-refractivity contribution in [1.82, 2.24) is 4.90 Å². The number of hydrogen-bond donors (Lipinski definition) is 1. The molecule has 2 aromatic carbocycles. The van der Waals surface area contributed by atoms with E-state index in [-0.39, 0.29) is 11.8 Å². The molecule has 1 heterocycles. The van der Waals surface area contributed by atoms with E-state index in [4.69, 9.17) is 0 Å². The molecular formula is C20H24FN3O. The molecule has 3 rings (SSSR count). The predicted octanol–water partition coefficient (Wildman–Crippen LogP) is 4.11. The van der Waals surface area contributed by atoms with Crippen LogP contribution in [0.5, 0.6) is 0 Å². The van der Waals surface area contributed by atoms with Gasteiger partial charge in [0.15, 0.2) is 0 Å². The van der Waals surface area contributed by atoms with E-state index in [1.165, 1.54) is 23.3 Å². The molecule has 1 fully saturated rings. The molecule has 0 saturated carbocycles. The Morgan fingerprint density at radius 3 is 2.16 bits per heavy atom. The van der Waals surface area contributed by atoms with Crippen LogP contribution < -0.4 is 10.2 Å². The fraction of sp³-hybridized carbons (Fsp3) is 0.350. The molecule has 25 heavy (non-hydrogen) atoms. The minimum Gasteiger partial charge on any atom is -0.368 e. The highest BCUT2D eigenvalue weighted by atomic mass is 19.1. The van der Waals surface area contributed by atoms with Gasteiger partial charge >= 0.3 is 6.03 Å². The first-order valence-electron chi connectivity index (χ1n) is 8.58. The molecule has 0 aliphatic carbocycles. The number of carbonyl (C=O) groups excluding carboxylic acids is 1. The fourth-order valence-corrected chi connectivity index (χ4v) is 3.11. The minimum atomic E-state index is -0.231. The van der Waals surface area contributed by atoms with Crippen LogP contribution >= 0.6 is 0 Å². The monoisotopic (exact) mass is 341 g/mol. The molecule has 2 aromatic rings. The van der Waals surface area contributed by atoms with Gasteiger partial charge in [0.05, 0.1) is 0 Å². The molecule has 0 atom stereocenters. The molecule has 0 radical (unpaired) electrons. The van der Waals surface area contributed by atoms with Crippen molar-refractivity contribution in [3.63, 3.8) is 0 Å². The highest BCUT2D eigenvalue weighted by molar-refractivity contribution is 5.90. The van der Waals surface area contributed by atoms with Gasteiger partial charge in [-0.1, -0.05) is 6.07 Å². The summed E-state index contributed by atoms with van der Waals surface area (Å²) >= 11 is 0. The standard InChI is InChI=1S/C20H24FN3O/c1-14-12-16(3)19(13-15(14)2)22-20(25)24-10-8-23(9-11-24)18-6-4-17(21)5-7-18/h4-7,12-13H,8-11H2,1-3H3,(H,22,25). The van der Waals surface area contributed by atoms with Gasteiger partial charge in [-0.25, -0.2) is 9.18 Å². The zero-order valence-electron chi connectivity index (χ0n) is 15.0. The number of nitrogens with one attached hydrogen (secondary N) is 1. The lowest BCUT2D eigenvalue weighted by Gasteiger charge is -2.36. The van der Waals surface area contributed by atoms with Gasteiger partial charge in [0.25, 0.3) is 0 Å². The molecule has 1 aliphatic heterocycles. The first-order chi connectivity index (χ1) is 11.9. The van der Waals surface area contributed by atoms with E-state index in [1.54, 1.807) is 12.1 Å². The fourth-order valence-electron chi connectivity index (χ4n) is 3.11. The summed E-state index contributed by atoms with van der Waals surface area (Å²) in [6, 6.07) is 10.6. The topological polar surface area (TPSA) is 35.6 Å². The number of nitrogens with zero attached hydrogens (tertiary/aromatic N) is 2. The van der Waals surface area contributed by atoms with Gasteiger partial charge in [0.1, 0.15) is 5.82 Å². The Bertz CT molecular complexity index is 765. The summed E-state index contributed by atoms with van der Waals surface area (Å²) in [5.41, 5.74) is 5.33. The zero-order valence-corrected chi connectivity index (χ0v) is 15.0. The molecule has 0 spiro atoms. The van der Waals surface area contributed by atoms with Crippen molar-refractivity contribution in [2.24, 2.45) is 0 Å². The van der Waals surface area contributed by atoms with Crippen molar-refractivity contribution < 1.29 is 9.18 Å². The summed E-state index contributed by atoms with van der Waals surface area (Å²) in [5, 5.41) is 3.03. The van der Waals surface area contributed by atoms with Crippen molar-refractivity contribution in [1.29, 1.82) is 0 Å². The maximum atomic E-state index is 13.0. The van der Waals surface area contributed by atoms with Gasteiger partial charge < -0.3 is 15.1 Å². The number of carbonyl (C=O) groups is 1. The first kappa shape index (κ1) is 17.3. The van der Waals surface area contributed by atoms with Crippen LogP contribution in [0.4, 0.5) is 20.6 Å². The van der Waals surface area contributed by atoms with Crippen LogP contribution in [0.25, 0.3) is 0 Å². The molecule has 2 amide bonds. The van der Waals surface area contributed by atoms with E-state index < -0.39 is 0 Å². The smallest absolute Gasteiger partial charge is 0.321 e. The maximum Gasteiger partial charge on any atom is 0.321 e. The largest absolute Gasteiger partial charge is 0.368 e. The number of benzene rings is 2. The van der Waals surface area contributed by atoms with E-state index in [0.717, 1.165) is 30.0 Å². The van der Waals surface area contributed by atoms with Crippen LogP contribution in [0.2, 0.25) is 0 Å². The number of piperazine rings is 1. The molecule has 0 unspecified atom stereocenters. The lowest BCUT2D eigenvalue weighted by molar-refractivity contribution is 0.208. The molecule has 1 N–H and O–H groups in total. The Balaban J connectivity index is 1.60. The second-order valence-corrected chi connectivity index (χ2v) is 6.63. The van der Waals surface area contributed by atoms with Gasteiger partial charge in [-0.05, 0) is 67.8 Å². The molecule has 1 saturated heterocycles. The van der Waals surface area contributed by atoms with Crippen LogP contribution in [0.3, 0.4) is 0 Å². The second-order valence-electron chi connectivity index (χ2n) is 6.63. The van der Waals surface area contributed by atoms with Crippen LogP contribution in [-0.4, -0.2) is 37.1 Å². The van der Waals surface area contributed by atoms with E-state index >= 15 is 0 Å². The summed E-state index contributed by atoms with van der Waals surface area (Å²) in [7, 11) is 0. The number of amides is 2. The van der Waals surface area contributed by atoms with Gasteiger partial charge in [0.2, 0.25) is 0 Å². The molecule has 132 valence electrons. The van der Waals surface area contributed by atoms with Crippen molar-refractivity contribution in [3.05, 3.63) is 58.9 Å². The van der Waals surface area contributed by atoms with Gasteiger partial charge in [-0.15, -0.1) is 0 Å². The van der Waals surface area contributed by atoms with Crippen LogP contribution in [0.15, 0.2) is 36.4 Å². The van der Waals surface area contributed by atoms with Crippen molar-refractivity contribution in [2.45, 2.75) is 20.8 Å². The average Bonchev–Trinajstić information content (AvgIpc) is 2.60. The third-order valence-corrected chi connectivity index (χ3v) is 4.84. The number of halogens is 1. The van der Waals surface area contributed by atoms with E-state index in [9.17, 15) is 9.18 Å². The third-order valence-electron chi connectivity index (χ3n) is 4.84. The number of aryl methyl sites for hydroxylation is 3. The highest BCUT2D eigenvalue weighted by Gasteiger charge is 2.21. The Labute approximate surface area is 148 Å². The number of anilines is 2. The third kappa shape index (κ3) is 3.92. The lowest BCUT2D eigenvalue weighted by Crippen LogP contribution is -2.50. The molecule has 4 nitrogen and oxygen atoms in total. The summed E-state index contributed by atoms with van der Waals surface area (Å²) in [6.45, 7) is 8.90. The zero-order chi connectivity index (χ0) is 18.0. The first-order valence-corrected chi connectivity index (χ1v) is 8.58. The summed E-state index contributed by atoms with van der Waals surface area (Å²) in [4.78, 5) is 16.5. The summed E-state index contributed by atoms with van der Waals surface area (Å²) in [5.74, 6) is -0.231. The van der Waals surface area contributed by atoms with E-state index in [2.05, 4.69) is 23.2 Å². The number of rotatable bonds is 2. The van der Waals surface area contributed by atoms with Crippen LogP contribution in [-0.2, 0) is 0 Å². The van der Waals surface area contributed by atoms with Gasteiger partial charge in [-0.3, -0.25) is 0 Å². The maximum absolute atomic E-state index is 13.0. The molecular weight excluding hydrogens is 317 g/mol. The van der Waals surface area contributed by atoms with Crippen molar-refractivity contribution in [2.75, 3.05) is 36.4 Å². The number of hydrogen-bond acceptors (Lipinski definition) is 2. The molecule has 5 heteroatoms. The Morgan fingerprint density at radius 2 is 1.52 bits per heavy atom. The van der Waals surface area contributed by atoms with Crippen molar-refractivity contribution >= 4 is 17.4 Å². The SMILES string of the molecule is Cc1cc(C)c(NC(=O)N2CCN(c3ccc(F)cc3)CC2)cc1C. The lowest BCUT2D eigenvalue weighted by atomic mass is 10.1. The molecule has 0 aromatic heterocycles. The Kier molecular flexibility index (Phi) is 4.93. The quantitative estimate of drug-likeness (QED) is 0.892. The van der Waals surface area contributed by atoms with E-state index in [0.29, 0.717) is 13.1 Å². The van der Waals surface area contributed by atoms with Gasteiger partial charge in [0, 0.05) is 37.6 Å². The highest BCUT2D eigenvalue weighted by Crippen LogP contribution is 2.21. The predicted molar refractivity (Wildman–Crippen MR) is 99.9 cm³/mol. The molecule has 1 aliphatic rings. The summed E-state index contributed by atoms with van der Waals surface area (Å²) in [6.07, 6.45) is 0. The normalized spacial score (nSPS) is 14.6. The van der Waals surface area contributed by atoms with Crippen LogP contribution in [0, 0.1) is 26.6 Å². The second kappa shape index (κ2) is 7.13. The van der Waals surface area contributed by atoms with Crippen LogP contribution in [0.1, 0.15) is 16.7 Å². The summed E-state index contributed by atoms with van der Waals surface area (Å²) < 4.78 is 13.0. The van der Waals surface area contributed by atoms with Gasteiger partial charge in [-0.2, -0.15) is 0 Å². The minimum absolute atomic E-state index is 0.0647. The Hall–Kier alpha value is -2.56. The number of urea groups is 1. The molecule has 0 bridgehead atoms.